The molecule has 0 spiro atoms. The van der Waals surface area contributed by atoms with Crippen molar-refractivity contribution in [1.82, 2.24) is 20.1 Å². The summed E-state index contributed by atoms with van der Waals surface area (Å²) >= 11 is 5.30. The highest BCUT2D eigenvalue weighted by Crippen LogP contribution is 2.15. The second-order valence-electron chi connectivity index (χ2n) is 4.05. The van der Waals surface area contributed by atoms with Crippen LogP contribution in [0.15, 0.2) is 36.9 Å². The number of pyridine rings is 1. The fourth-order valence-corrected chi connectivity index (χ4v) is 2.12. The maximum Gasteiger partial charge on any atom is 0.173 e. The average molecular weight is 291 g/mol. The third kappa shape index (κ3) is 3.31. The van der Waals surface area contributed by atoms with Crippen molar-refractivity contribution in [3.63, 3.8) is 0 Å². The summed E-state index contributed by atoms with van der Waals surface area (Å²) in [6, 6.07) is 3.80. The standard InChI is InChI=1S/C13H17N5OS/c1-2-17(13(20)15-6-7-19)12-9-16-18(10-12)11-4-3-5-14-8-11/h3-5,8-10,19H,2,6-7H2,1H3,(H,15,20). The summed E-state index contributed by atoms with van der Waals surface area (Å²) < 4.78 is 1.75. The van der Waals surface area contributed by atoms with Gasteiger partial charge in [0.1, 0.15) is 0 Å². The highest BCUT2D eigenvalue weighted by atomic mass is 32.1. The van der Waals surface area contributed by atoms with E-state index in [0.717, 1.165) is 17.9 Å². The van der Waals surface area contributed by atoms with Crippen molar-refractivity contribution >= 4 is 23.0 Å². The van der Waals surface area contributed by atoms with Gasteiger partial charge < -0.3 is 15.3 Å². The Morgan fingerprint density at radius 3 is 3.00 bits per heavy atom. The van der Waals surface area contributed by atoms with Crippen LogP contribution in [0.3, 0.4) is 0 Å². The Balaban J connectivity index is 2.16. The molecule has 0 amide bonds. The van der Waals surface area contributed by atoms with E-state index in [-0.39, 0.29) is 6.61 Å². The quantitative estimate of drug-likeness (QED) is 0.800. The molecular formula is C13H17N5OS. The van der Waals surface area contributed by atoms with Gasteiger partial charge in [-0.15, -0.1) is 0 Å². The van der Waals surface area contributed by atoms with E-state index >= 15 is 0 Å². The minimum Gasteiger partial charge on any atom is -0.395 e. The molecule has 0 fully saturated rings. The maximum atomic E-state index is 8.83. The van der Waals surface area contributed by atoms with E-state index in [1.54, 1.807) is 23.3 Å². The van der Waals surface area contributed by atoms with Gasteiger partial charge in [-0.25, -0.2) is 4.68 Å². The Morgan fingerprint density at radius 1 is 1.50 bits per heavy atom. The number of nitrogens with zero attached hydrogens (tertiary/aromatic N) is 4. The number of anilines is 1. The fourth-order valence-electron chi connectivity index (χ4n) is 1.78. The van der Waals surface area contributed by atoms with Crippen molar-refractivity contribution in [3.05, 3.63) is 36.9 Å². The number of aliphatic hydroxyl groups is 1. The zero-order valence-corrected chi connectivity index (χ0v) is 12.0. The minimum absolute atomic E-state index is 0.0483. The maximum absolute atomic E-state index is 8.83. The summed E-state index contributed by atoms with van der Waals surface area (Å²) in [5.41, 5.74) is 1.79. The highest BCUT2D eigenvalue weighted by Gasteiger charge is 2.12. The number of rotatable bonds is 5. The lowest BCUT2D eigenvalue weighted by Crippen LogP contribution is -2.40. The number of hydrogen-bond acceptors (Lipinski definition) is 4. The van der Waals surface area contributed by atoms with Crippen molar-refractivity contribution < 1.29 is 5.11 Å². The van der Waals surface area contributed by atoms with Gasteiger partial charge in [-0.1, -0.05) is 0 Å². The monoisotopic (exact) mass is 291 g/mol. The first kappa shape index (κ1) is 14.4. The largest absolute Gasteiger partial charge is 0.395 e. The molecule has 0 saturated heterocycles. The molecule has 2 N–H and O–H groups in total. The first-order valence-corrected chi connectivity index (χ1v) is 6.78. The predicted molar refractivity (Wildman–Crippen MR) is 82.1 cm³/mol. The molecule has 6 nitrogen and oxygen atoms in total. The summed E-state index contributed by atoms with van der Waals surface area (Å²) in [6.45, 7) is 3.21. The molecule has 0 bridgehead atoms. The van der Waals surface area contributed by atoms with Crippen LogP contribution in [0.25, 0.3) is 5.69 Å². The molecule has 0 aliphatic rings. The number of thiocarbonyl (C=S) groups is 1. The van der Waals surface area contributed by atoms with Gasteiger partial charge in [-0.2, -0.15) is 5.10 Å². The van der Waals surface area contributed by atoms with Gasteiger partial charge in [-0.05, 0) is 31.3 Å². The first-order chi connectivity index (χ1) is 9.76. The Bertz CT molecular complexity index is 557. The third-order valence-electron chi connectivity index (χ3n) is 2.74. The first-order valence-electron chi connectivity index (χ1n) is 6.37. The van der Waals surface area contributed by atoms with Crippen LogP contribution in [0.1, 0.15) is 6.92 Å². The molecular weight excluding hydrogens is 274 g/mol. The lowest BCUT2D eigenvalue weighted by Gasteiger charge is -2.22. The molecule has 0 aliphatic heterocycles. The SMILES string of the molecule is CCN(C(=S)NCCO)c1cnn(-c2cccnc2)c1. The Morgan fingerprint density at radius 2 is 2.35 bits per heavy atom. The van der Waals surface area contributed by atoms with Crippen LogP contribution in [-0.4, -0.2) is 44.7 Å². The normalized spacial score (nSPS) is 10.3. The Hall–Kier alpha value is -1.99. The van der Waals surface area contributed by atoms with Crippen molar-refractivity contribution in [1.29, 1.82) is 0 Å². The van der Waals surface area contributed by atoms with Crippen LogP contribution in [0.2, 0.25) is 0 Å². The van der Waals surface area contributed by atoms with Crippen LogP contribution < -0.4 is 10.2 Å². The zero-order chi connectivity index (χ0) is 14.4. The van der Waals surface area contributed by atoms with Gasteiger partial charge in [0, 0.05) is 19.3 Å². The molecule has 2 aromatic rings. The number of aromatic nitrogens is 3. The predicted octanol–water partition coefficient (Wildman–Crippen LogP) is 0.960. The molecule has 0 aliphatic carbocycles. The Kier molecular flexibility index (Phi) is 5.03. The number of hydrogen-bond donors (Lipinski definition) is 2. The van der Waals surface area contributed by atoms with Gasteiger partial charge in [0.25, 0.3) is 0 Å². The van der Waals surface area contributed by atoms with E-state index in [1.165, 1.54) is 0 Å². The van der Waals surface area contributed by atoms with E-state index in [1.807, 2.05) is 30.2 Å². The fraction of sp³-hybridized carbons (Fsp3) is 0.308. The average Bonchev–Trinajstić information content (AvgIpc) is 2.96. The van der Waals surface area contributed by atoms with Crippen LogP contribution in [0, 0.1) is 0 Å². The summed E-state index contributed by atoms with van der Waals surface area (Å²) in [4.78, 5) is 5.99. The molecule has 0 atom stereocenters. The highest BCUT2D eigenvalue weighted by molar-refractivity contribution is 7.80. The van der Waals surface area contributed by atoms with Crippen molar-refractivity contribution in [3.8, 4) is 5.69 Å². The molecule has 106 valence electrons. The molecule has 0 aromatic carbocycles. The van der Waals surface area contributed by atoms with Gasteiger partial charge in [-0.3, -0.25) is 4.98 Å². The van der Waals surface area contributed by atoms with E-state index in [9.17, 15) is 0 Å². The lowest BCUT2D eigenvalue weighted by molar-refractivity contribution is 0.300. The summed E-state index contributed by atoms with van der Waals surface area (Å²) in [5, 5.41) is 16.7. The number of aliphatic hydroxyl groups excluding tert-OH is 1. The molecule has 0 unspecified atom stereocenters. The molecule has 2 rings (SSSR count). The van der Waals surface area contributed by atoms with Crippen LogP contribution in [0.4, 0.5) is 5.69 Å². The van der Waals surface area contributed by atoms with Gasteiger partial charge in [0.05, 0.1) is 36.6 Å². The van der Waals surface area contributed by atoms with Gasteiger partial charge in [0.2, 0.25) is 0 Å². The second-order valence-corrected chi connectivity index (χ2v) is 4.44. The summed E-state index contributed by atoms with van der Waals surface area (Å²) in [6.07, 6.45) is 7.12. The molecule has 20 heavy (non-hydrogen) atoms. The second kappa shape index (κ2) is 6.97. The summed E-state index contributed by atoms with van der Waals surface area (Å²) in [7, 11) is 0. The van der Waals surface area contributed by atoms with E-state index in [2.05, 4.69) is 15.4 Å². The lowest BCUT2D eigenvalue weighted by atomic mass is 10.4. The molecule has 2 aromatic heterocycles. The molecule has 0 radical (unpaired) electrons. The van der Waals surface area contributed by atoms with Crippen LogP contribution in [0.5, 0.6) is 0 Å². The smallest absolute Gasteiger partial charge is 0.173 e. The topological polar surface area (TPSA) is 66.2 Å². The Labute approximate surface area is 123 Å². The molecule has 0 saturated carbocycles. The van der Waals surface area contributed by atoms with Crippen molar-refractivity contribution in [2.24, 2.45) is 0 Å². The van der Waals surface area contributed by atoms with Crippen LogP contribution in [-0.2, 0) is 0 Å². The van der Waals surface area contributed by atoms with E-state index in [0.29, 0.717) is 11.7 Å². The molecule has 7 heteroatoms. The van der Waals surface area contributed by atoms with E-state index in [4.69, 9.17) is 17.3 Å². The minimum atomic E-state index is 0.0483. The van der Waals surface area contributed by atoms with E-state index < -0.39 is 0 Å². The number of nitrogens with one attached hydrogen (secondary N) is 1. The van der Waals surface area contributed by atoms with Crippen LogP contribution >= 0.6 is 12.2 Å². The summed E-state index contributed by atoms with van der Waals surface area (Å²) in [5.74, 6) is 0. The van der Waals surface area contributed by atoms with Crippen molar-refractivity contribution in [2.75, 3.05) is 24.6 Å². The third-order valence-corrected chi connectivity index (χ3v) is 3.11. The van der Waals surface area contributed by atoms with Crippen molar-refractivity contribution in [2.45, 2.75) is 6.92 Å². The zero-order valence-electron chi connectivity index (χ0n) is 11.2. The van der Waals surface area contributed by atoms with Gasteiger partial charge in [0.15, 0.2) is 5.11 Å². The van der Waals surface area contributed by atoms with Gasteiger partial charge >= 0.3 is 0 Å². The molecule has 2 heterocycles.